The van der Waals surface area contributed by atoms with E-state index in [0.717, 1.165) is 0 Å². The molecule has 0 aliphatic rings. The van der Waals surface area contributed by atoms with Gasteiger partial charge in [-0.2, -0.15) is 4.89 Å². The van der Waals surface area contributed by atoms with Crippen molar-refractivity contribution >= 4 is 14.0 Å². The van der Waals surface area contributed by atoms with Gasteiger partial charge in [0.1, 0.15) is 0 Å². The Morgan fingerprint density at radius 1 is 1.67 bits per heavy atom. The number of hydrogen-bond donors (Lipinski definition) is 3. The molecule has 0 saturated heterocycles. The second-order valence-electron chi connectivity index (χ2n) is 2.23. The molecule has 5 nitrogen and oxygen atoms in total. The lowest BCUT2D eigenvalue weighted by atomic mass is 10.1. The van der Waals surface area contributed by atoms with E-state index in [1.165, 1.54) is 0 Å². The van der Waals surface area contributed by atoms with Crippen LogP contribution in [0.15, 0.2) is 12.2 Å². The van der Waals surface area contributed by atoms with Crippen LogP contribution in [0.25, 0.3) is 0 Å². The van der Waals surface area contributed by atoms with Crippen LogP contribution in [-0.2, 0) is 9.36 Å². The molecule has 0 aromatic carbocycles. The van der Waals surface area contributed by atoms with Gasteiger partial charge < -0.3 is 10.8 Å². The lowest BCUT2D eigenvalue weighted by Gasteiger charge is -2.01. The minimum atomic E-state index is -2.55. The van der Waals surface area contributed by atoms with Crippen LogP contribution in [0.4, 0.5) is 0 Å². The number of aliphatic carboxylic acids is 1. The molecule has 68 valence electrons. The molecule has 0 radical (unpaired) electrons. The summed E-state index contributed by atoms with van der Waals surface area (Å²) in [6.45, 7) is 3.36. The fourth-order valence-corrected chi connectivity index (χ4v) is 1.47. The van der Waals surface area contributed by atoms with Crippen molar-refractivity contribution < 1.29 is 19.4 Å². The predicted octanol–water partition coefficient (Wildman–Crippen LogP) is 0.0793. The number of carboxylic acid groups (broad SMARTS) is 1. The molecular weight excluding hydrogens is 181 g/mol. The van der Waals surface area contributed by atoms with Gasteiger partial charge in [-0.05, 0) is 11.1 Å². The van der Waals surface area contributed by atoms with E-state index in [2.05, 4.69) is 6.58 Å². The van der Waals surface area contributed by atoms with Gasteiger partial charge in [0.2, 0.25) is 5.66 Å². The van der Waals surface area contributed by atoms with Gasteiger partial charge in [0.05, 0.1) is 5.57 Å². The van der Waals surface area contributed by atoms with Crippen molar-refractivity contribution in [2.24, 2.45) is 5.73 Å². The van der Waals surface area contributed by atoms with Crippen molar-refractivity contribution in [1.29, 1.82) is 0 Å². The summed E-state index contributed by atoms with van der Waals surface area (Å²) < 4.78 is 10.6. The Morgan fingerprint density at radius 3 is 2.42 bits per heavy atom. The zero-order valence-electron chi connectivity index (χ0n) is 6.43. The lowest BCUT2D eigenvalue weighted by molar-refractivity contribution is -0.132. The van der Waals surface area contributed by atoms with E-state index in [-0.39, 0.29) is 18.5 Å². The smallest absolute Gasteiger partial charge is 0.478 e. The van der Waals surface area contributed by atoms with Crippen molar-refractivity contribution in [1.82, 2.24) is 0 Å². The third-order valence-electron chi connectivity index (χ3n) is 1.38. The number of nitrogens with two attached hydrogens (primary N) is 1. The molecule has 0 saturated carbocycles. The molecule has 6 heteroatoms. The maximum Gasteiger partial charge on any atom is 0.513 e. The highest BCUT2D eigenvalue weighted by molar-refractivity contribution is 7.39. The number of carbonyl (C=O) groups is 1. The van der Waals surface area contributed by atoms with Crippen LogP contribution in [0.2, 0.25) is 0 Å². The molecule has 0 aromatic rings. The Labute approximate surface area is 70.8 Å². The average Bonchev–Trinajstić information content (AvgIpc) is 1.98. The molecule has 0 rings (SSSR count). The highest BCUT2D eigenvalue weighted by Gasteiger charge is 2.34. The summed E-state index contributed by atoms with van der Waals surface area (Å²) in [5.41, 5.74) is 3.94. The third kappa shape index (κ3) is 3.09. The molecule has 2 atom stereocenters. The van der Waals surface area contributed by atoms with Crippen LogP contribution >= 0.6 is 8.03 Å². The van der Waals surface area contributed by atoms with Crippen molar-refractivity contribution in [3.05, 3.63) is 12.2 Å². The summed E-state index contributed by atoms with van der Waals surface area (Å²) in [7, 11) is -2.55. The first-order chi connectivity index (χ1) is 5.50. The molecule has 0 spiro atoms. The number of rotatable bonds is 5. The summed E-state index contributed by atoms with van der Waals surface area (Å²) in [4.78, 5) is 19.0. The molecule has 0 bridgehead atoms. The van der Waals surface area contributed by atoms with Gasteiger partial charge in [-0.25, -0.2) is 4.79 Å². The first kappa shape index (κ1) is 11.2. The van der Waals surface area contributed by atoms with Gasteiger partial charge in [-0.1, -0.05) is 6.58 Å². The minimum absolute atomic E-state index is 0.164. The number of hydrogen-bond acceptors (Lipinski definition) is 3. The Kier molecular flexibility index (Phi) is 4.66. The Bertz CT molecular complexity index is 216. The highest BCUT2D eigenvalue weighted by Crippen LogP contribution is 2.30. The van der Waals surface area contributed by atoms with E-state index in [4.69, 9.17) is 15.7 Å². The van der Waals surface area contributed by atoms with Crippen LogP contribution in [0.5, 0.6) is 0 Å². The molecule has 4 N–H and O–H groups in total. The Hall–Kier alpha value is -0.770. The summed E-state index contributed by atoms with van der Waals surface area (Å²) in [6, 6.07) is 0. The minimum Gasteiger partial charge on any atom is -0.478 e. The number of carboxylic acids is 1. The van der Waals surface area contributed by atoms with E-state index < -0.39 is 19.7 Å². The zero-order valence-corrected chi connectivity index (χ0v) is 7.33. The molecule has 2 unspecified atom stereocenters. The van der Waals surface area contributed by atoms with E-state index in [0.29, 0.717) is 0 Å². The van der Waals surface area contributed by atoms with Gasteiger partial charge >= 0.3 is 14.0 Å². The average molecular weight is 192 g/mol. The van der Waals surface area contributed by atoms with Crippen LogP contribution in [0, 0.1) is 0 Å². The summed E-state index contributed by atoms with van der Waals surface area (Å²) in [5, 5.41) is 8.45. The first-order valence-corrected chi connectivity index (χ1v) is 4.56. The third-order valence-corrected chi connectivity index (χ3v) is 2.49. The maximum absolute atomic E-state index is 10.6. The second kappa shape index (κ2) is 4.98. The van der Waals surface area contributed by atoms with Gasteiger partial charge in [0.25, 0.3) is 0 Å². The first-order valence-electron chi connectivity index (χ1n) is 3.28. The molecule has 0 aliphatic carbocycles. The normalized spacial score (nSPS) is 13.7. The molecule has 0 aliphatic heterocycles. The molecule has 0 fully saturated rings. The van der Waals surface area contributed by atoms with E-state index in [1.54, 1.807) is 0 Å². The molecule has 0 aromatic heterocycles. The zero-order chi connectivity index (χ0) is 9.72. The molecule has 0 amide bonds. The van der Waals surface area contributed by atoms with Crippen molar-refractivity contribution in [2.45, 2.75) is 12.1 Å². The van der Waals surface area contributed by atoms with Crippen molar-refractivity contribution in [3.8, 4) is 0 Å². The largest absolute Gasteiger partial charge is 0.513 e. The topological polar surface area (TPSA) is 101 Å². The summed E-state index contributed by atoms with van der Waals surface area (Å²) in [6.07, 6.45) is 0.164. The van der Waals surface area contributed by atoms with Gasteiger partial charge in [0, 0.05) is 6.42 Å². The second-order valence-corrected chi connectivity index (χ2v) is 3.45. The van der Waals surface area contributed by atoms with E-state index >= 15 is 0 Å². The van der Waals surface area contributed by atoms with Gasteiger partial charge in [-0.15, -0.1) is 0 Å². The fraction of sp³-hybridized carbons (Fsp3) is 0.500. The van der Waals surface area contributed by atoms with E-state index in [1.807, 2.05) is 0 Å². The van der Waals surface area contributed by atoms with Crippen LogP contribution in [-0.4, -0.2) is 28.2 Å². The molecule has 0 heterocycles. The standard InChI is InChI=1S/C6H10NO4P/c1-4(6(8)9)5(2-3-7)12(10)11/h5H,1-3,7H2,(H-,8,9,10,11)/p+1. The van der Waals surface area contributed by atoms with Crippen LogP contribution in [0.1, 0.15) is 6.42 Å². The molecular formula is C6H11NO4P+. The Balaban J connectivity index is 4.40. The molecule has 12 heavy (non-hydrogen) atoms. The quantitative estimate of drug-likeness (QED) is 0.423. The highest BCUT2D eigenvalue weighted by atomic mass is 31.1. The van der Waals surface area contributed by atoms with Gasteiger partial charge in [-0.3, -0.25) is 0 Å². The Morgan fingerprint density at radius 2 is 2.17 bits per heavy atom. The maximum atomic E-state index is 10.6. The lowest BCUT2D eigenvalue weighted by Crippen LogP contribution is -2.17. The van der Waals surface area contributed by atoms with Crippen molar-refractivity contribution in [3.63, 3.8) is 0 Å². The predicted molar refractivity (Wildman–Crippen MR) is 44.1 cm³/mol. The monoisotopic (exact) mass is 192 g/mol. The summed E-state index contributed by atoms with van der Waals surface area (Å²) >= 11 is 0. The van der Waals surface area contributed by atoms with Crippen LogP contribution < -0.4 is 5.73 Å². The summed E-state index contributed by atoms with van der Waals surface area (Å²) in [5.74, 6) is -1.26. The SMILES string of the molecule is C=C(C(=O)O)C(CCN)[P+](=O)O. The van der Waals surface area contributed by atoms with Crippen molar-refractivity contribution in [2.75, 3.05) is 6.54 Å². The van der Waals surface area contributed by atoms with E-state index in [9.17, 15) is 9.36 Å². The fourth-order valence-electron chi connectivity index (χ4n) is 0.718. The van der Waals surface area contributed by atoms with Crippen LogP contribution in [0.3, 0.4) is 0 Å². The van der Waals surface area contributed by atoms with Gasteiger partial charge in [0.15, 0.2) is 0 Å².